The number of benzene rings is 2. The van der Waals surface area contributed by atoms with Gasteiger partial charge in [-0.1, -0.05) is 35.9 Å². The molecule has 0 spiro atoms. The lowest BCUT2D eigenvalue weighted by Crippen LogP contribution is -2.47. The number of piperidine rings is 1. The lowest BCUT2D eigenvalue weighted by Gasteiger charge is -2.35. The summed E-state index contributed by atoms with van der Waals surface area (Å²) in [6, 6.07) is 15.8. The first-order chi connectivity index (χ1) is 13.1. The highest BCUT2D eigenvalue weighted by atomic mass is 16.5. The van der Waals surface area contributed by atoms with Crippen LogP contribution in [0.5, 0.6) is 5.75 Å². The van der Waals surface area contributed by atoms with Crippen LogP contribution in [0.2, 0.25) is 0 Å². The SMILES string of the molecule is COCC1(C(=O)Nc2cccc(OCc3cccc(C)c3)c2)CCNCC1. The number of amides is 1. The van der Waals surface area contributed by atoms with Gasteiger partial charge in [-0.05, 0) is 50.6 Å². The minimum Gasteiger partial charge on any atom is -0.489 e. The molecule has 0 atom stereocenters. The summed E-state index contributed by atoms with van der Waals surface area (Å²) in [4.78, 5) is 12.9. The zero-order chi connectivity index (χ0) is 19.1. The van der Waals surface area contributed by atoms with Crippen LogP contribution >= 0.6 is 0 Å². The number of carbonyl (C=O) groups excluding carboxylic acids is 1. The molecule has 27 heavy (non-hydrogen) atoms. The van der Waals surface area contributed by atoms with E-state index in [1.54, 1.807) is 7.11 Å². The van der Waals surface area contributed by atoms with Gasteiger partial charge in [0.05, 0.1) is 12.0 Å². The standard InChI is InChI=1S/C22H28N2O3/c1-17-5-3-6-18(13-17)15-27-20-8-4-7-19(14-20)24-21(25)22(16-26-2)9-11-23-12-10-22/h3-8,13-14,23H,9-12,15-16H2,1-2H3,(H,24,25). The molecule has 2 N–H and O–H groups in total. The lowest BCUT2D eigenvalue weighted by atomic mass is 9.78. The van der Waals surface area contributed by atoms with E-state index in [0.29, 0.717) is 13.2 Å². The zero-order valence-electron chi connectivity index (χ0n) is 16.1. The molecule has 1 heterocycles. The highest BCUT2D eigenvalue weighted by Gasteiger charge is 2.39. The molecule has 3 rings (SSSR count). The zero-order valence-corrected chi connectivity index (χ0v) is 16.1. The maximum absolute atomic E-state index is 12.9. The van der Waals surface area contributed by atoms with Gasteiger partial charge in [0, 0.05) is 18.9 Å². The summed E-state index contributed by atoms with van der Waals surface area (Å²) in [5, 5.41) is 6.36. The van der Waals surface area contributed by atoms with Crippen LogP contribution in [-0.2, 0) is 16.1 Å². The van der Waals surface area contributed by atoms with E-state index in [-0.39, 0.29) is 5.91 Å². The molecule has 0 aromatic heterocycles. The molecule has 0 radical (unpaired) electrons. The second kappa shape index (κ2) is 9.02. The minimum atomic E-state index is -0.474. The van der Waals surface area contributed by atoms with Crippen molar-refractivity contribution in [3.05, 3.63) is 59.7 Å². The van der Waals surface area contributed by atoms with Crippen molar-refractivity contribution < 1.29 is 14.3 Å². The Bertz CT molecular complexity index is 764. The van der Waals surface area contributed by atoms with Crippen LogP contribution in [0, 0.1) is 12.3 Å². The van der Waals surface area contributed by atoms with Crippen LogP contribution in [-0.4, -0.2) is 32.7 Å². The van der Waals surface area contributed by atoms with E-state index < -0.39 is 5.41 Å². The topological polar surface area (TPSA) is 59.6 Å². The Balaban J connectivity index is 1.65. The predicted molar refractivity (Wildman–Crippen MR) is 107 cm³/mol. The Hall–Kier alpha value is -2.37. The molecule has 1 amide bonds. The van der Waals surface area contributed by atoms with Crippen LogP contribution in [0.3, 0.4) is 0 Å². The number of carbonyl (C=O) groups is 1. The fourth-order valence-electron chi connectivity index (χ4n) is 3.51. The normalized spacial score (nSPS) is 15.9. The first kappa shape index (κ1) is 19.4. The van der Waals surface area contributed by atoms with Gasteiger partial charge in [0.15, 0.2) is 0 Å². The highest BCUT2D eigenvalue weighted by molar-refractivity contribution is 5.95. The van der Waals surface area contributed by atoms with Gasteiger partial charge in [-0.15, -0.1) is 0 Å². The average Bonchev–Trinajstić information content (AvgIpc) is 2.68. The molecular weight excluding hydrogens is 340 g/mol. The maximum Gasteiger partial charge on any atom is 0.233 e. The van der Waals surface area contributed by atoms with E-state index >= 15 is 0 Å². The van der Waals surface area contributed by atoms with Gasteiger partial charge in [-0.25, -0.2) is 0 Å². The molecule has 1 aliphatic heterocycles. The Kier molecular flexibility index (Phi) is 6.48. The van der Waals surface area contributed by atoms with Gasteiger partial charge in [0.2, 0.25) is 5.91 Å². The number of hydrogen-bond donors (Lipinski definition) is 2. The molecule has 144 valence electrons. The maximum atomic E-state index is 12.9. The summed E-state index contributed by atoms with van der Waals surface area (Å²) in [7, 11) is 1.65. The first-order valence-electron chi connectivity index (χ1n) is 9.41. The average molecular weight is 368 g/mol. The third kappa shape index (κ3) is 5.08. The Morgan fingerprint density at radius 1 is 1.15 bits per heavy atom. The van der Waals surface area contributed by atoms with Crippen molar-refractivity contribution in [3.63, 3.8) is 0 Å². The first-order valence-corrected chi connectivity index (χ1v) is 9.41. The predicted octanol–water partition coefficient (Wildman–Crippen LogP) is 3.53. The van der Waals surface area contributed by atoms with Crippen molar-refractivity contribution in [2.45, 2.75) is 26.4 Å². The molecule has 1 saturated heterocycles. The molecule has 5 heteroatoms. The monoisotopic (exact) mass is 368 g/mol. The van der Waals surface area contributed by atoms with Crippen LogP contribution < -0.4 is 15.4 Å². The molecule has 0 unspecified atom stereocenters. The molecule has 0 bridgehead atoms. The van der Waals surface area contributed by atoms with Crippen molar-refractivity contribution in [3.8, 4) is 5.75 Å². The third-order valence-electron chi connectivity index (χ3n) is 5.04. The lowest BCUT2D eigenvalue weighted by molar-refractivity contribution is -0.130. The fraction of sp³-hybridized carbons (Fsp3) is 0.409. The van der Waals surface area contributed by atoms with Gasteiger partial charge in [-0.3, -0.25) is 4.79 Å². The number of aryl methyl sites for hydroxylation is 1. The van der Waals surface area contributed by atoms with Crippen molar-refractivity contribution in [1.82, 2.24) is 5.32 Å². The van der Waals surface area contributed by atoms with E-state index in [9.17, 15) is 4.79 Å². The summed E-state index contributed by atoms with van der Waals surface area (Å²) in [6.07, 6.45) is 1.55. The Morgan fingerprint density at radius 2 is 1.93 bits per heavy atom. The number of hydrogen-bond acceptors (Lipinski definition) is 4. The molecule has 5 nitrogen and oxygen atoms in total. The number of anilines is 1. The van der Waals surface area contributed by atoms with E-state index in [2.05, 4.69) is 29.7 Å². The van der Waals surface area contributed by atoms with Crippen LogP contribution in [0.15, 0.2) is 48.5 Å². The number of methoxy groups -OCH3 is 1. The summed E-state index contributed by atoms with van der Waals surface area (Å²) < 4.78 is 11.3. The quantitative estimate of drug-likeness (QED) is 0.785. The number of nitrogens with one attached hydrogen (secondary N) is 2. The third-order valence-corrected chi connectivity index (χ3v) is 5.04. The molecule has 2 aromatic carbocycles. The summed E-state index contributed by atoms with van der Waals surface area (Å²) >= 11 is 0. The van der Waals surface area contributed by atoms with Crippen LogP contribution in [0.1, 0.15) is 24.0 Å². The summed E-state index contributed by atoms with van der Waals surface area (Å²) in [5.74, 6) is 0.752. The van der Waals surface area contributed by atoms with Crippen LogP contribution in [0.25, 0.3) is 0 Å². The minimum absolute atomic E-state index is 0.0154. The molecule has 1 aliphatic rings. The van der Waals surface area contributed by atoms with Crippen LogP contribution in [0.4, 0.5) is 5.69 Å². The largest absolute Gasteiger partial charge is 0.489 e. The molecule has 1 fully saturated rings. The van der Waals surface area contributed by atoms with Crippen molar-refractivity contribution in [2.24, 2.45) is 5.41 Å². The molecule has 0 saturated carbocycles. The summed E-state index contributed by atoms with van der Waals surface area (Å²) in [5.41, 5.74) is 2.61. The second-order valence-corrected chi connectivity index (χ2v) is 7.22. The van der Waals surface area contributed by atoms with Gasteiger partial charge in [0.1, 0.15) is 12.4 Å². The Morgan fingerprint density at radius 3 is 2.67 bits per heavy atom. The summed E-state index contributed by atoms with van der Waals surface area (Å²) in [6.45, 7) is 4.66. The van der Waals surface area contributed by atoms with E-state index in [1.165, 1.54) is 5.56 Å². The highest BCUT2D eigenvalue weighted by Crippen LogP contribution is 2.31. The Labute approximate surface area is 161 Å². The van der Waals surface area contributed by atoms with Gasteiger partial charge >= 0.3 is 0 Å². The van der Waals surface area contributed by atoms with Gasteiger partial charge in [-0.2, -0.15) is 0 Å². The van der Waals surface area contributed by atoms with Gasteiger partial charge in [0.25, 0.3) is 0 Å². The van der Waals surface area contributed by atoms with Gasteiger partial charge < -0.3 is 20.1 Å². The molecule has 2 aromatic rings. The van der Waals surface area contributed by atoms with E-state index in [1.807, 2.05) is 36.4 Å². The molecule has 0 aliphatic carbocycles. The van der Waals surface area contributed by atoms with E-state index in [0.717, 1.165) is 42.9 Å². The second-order valence-electron chi connectivity index (χ2n) is 7.22. The van der Waals surface area contributed by atoms with Crippen molar-refractivity contribution >= 4 is 11.6 Å². The molecular formula is C22H28N2O3. The fourth-order valence-corrected chi connectivity index (χ4v) is 3.51. The number of rotatable bonds is 7. The number of ether oxygens (including phenoxy) is 2. The van der Waals surface area contributed by atoms with E-state index in [4.69, 9.17) is 9.47 Å². The van der Waals surface area contributed by atoms with Crippen molar-refractivity contribution in [2.75, 3.05) is 32.1 Å². The smallest absolute Gasteiger partial charge is 0.233 e. The van der Waals surface area contributed by atoms with Crippen molar-refractivity contribution in [1.29, 1.82) is 0 Å².